The predicted octanol–water partition coefficient (Wildman–Crippen LogP) is 1.94. The molecule has 0 spiro atoms. The maximum Gasteiger partial charge on any atom is 0.319 e. The predicted molar refractivity (Wildman–Crippen MR) is 49.5 cm³/mol. The highest BCUT2D eigenvalue weighted by Gasteiger charge is 2.34. The van der Waals surface area contributed by atoms with Gasteiger partial charge < -0.3 is 10.6 Å². The van der Waals surface area contributed by atoms with Gasteiger partial charge in [0.2, 0.25) is 3.79 Å². The number of alkyl halides is 3. The van der Waals surface area contributed by atoms with Crippen LogP contribution in [-0.2, 0) is 0 Å². The first kappa shape index (κ1) is 9.96. The normalized spacial score (nSPS) is 24.2. The highest BCUT2D eigenvalue weighted by molar-refractivity contribution is 6.68. The quantitative estimate of drug-likeness (QED) is 0.613. The summed E-state index contributed by atoms with van der Waals surface area (Å²) >= 11 is 16.8. The highest BCUT2D eigenvalue weighted by atomic mass is 35.6. The molecule has 0 bridgehead atoms. The minimum absolute atomic E-state index is 0.355. The van der Waals surface area contributed by atoms with Gasteiger partial charge in [-0.15, -0.1) is 0 Å². The van der Waals surface area contributed by atoms with Gasteiger partial charge in [0.1, 0.15) is 0 Å². The molecule has 68 valence electrons. The lowest BCUT2D eigenvalue weighted by Gasteiger charge is -2.27. The molecule has 6 heteroatoms. The van der Waals surface area contributed by atoms with Crippen LogP contribution in [-0.4, -0.2) is 15.9 Å². The van der Waals surface area contributed by atoms with E-state index in [2.05, 4.69) is 10.6 Å². The minimum atomic E-state index is -1.50. The van der Waals surface area contributed by atoms with Crippen LogP contribution >= 0.6 is 34.8 Å². The molecule has 3 nitrogen and oxygen atoms in total. The zero-order valence-corrected chi connectivity index (χ0v) is 8.46. The lowest BCUT2D eigenvalue weighted by atomic mass is 10.2. The van der Waals surface area contributed by atoms with Crippen molar-refractivity contribution in [3.63, 3.8) is 0 Å². The summed E-state index contributed by atoms with van der Waals surface area (Å²) in [6.45, 7) is 1.72. The number of allylic oxidation sites excluding steroid dienone is 1. The molecule has 2 amide bonds. The Morgan fingerprint density at radius 1 is 1.50 bits per heavy atom. The lowest BCUT2D eigenvalue weighted by molar-refractivity contribution is 0.239. The van der Waals surface area contributed by atoms with Gasteiger partial charge in [-0.3, -0.25) is 0 Å². The Balaban J connectivity index is 2.80. The van der Waals surface area contributed by atoms with E-state index in [0.717, 1.165) is 0 Å². The molecule has 0 aromatic rings. The van der Waals surface area contributed by atoms with Gasteiger partial charge in [-0.25, -0.2) is 4.79 Å². The van der Waals surface area contributed by atoms with Crippen molar-refractivity contribution in [1.29, 1.82) is 0 Å². The minimum Gasteiger partial charge on any atom is -0.327 e. The summed E-state index contributed by atoms with van der Waals surface area (Å²) in [5.41, 5.74) is 0.676. The molecule has 2 N–H and O–H groups in total. The average Bonchev–Trinajstić information content (AvgIpc) is 1.82. The lowest BCUT2D eigenvalue weighted by Crippen LogP contribution is -2.50. The van der Waals surface area contributed by atoms with Crippen LogP contribution in [0.2, 0.25) is 0 Å². The molecule has 0 saturated carbocycles. The molecular formula is C6H7Cl3N2O. The first-order chi connectivity index (χ1) is 5.39. The summed E-state index contributed by atoms with van der Waals surface area (Å²) in [6.07, 6.45) is 1.65. The number of urea groups is 1. The Morgan fingerprint density at radius 3 is 2.50 bits per heavy atom. The van der Waals surface area contributed by atoms with Gasteiger partial charge >= 0.3 is 6.03 Å². The molecule has 0 fully saturated rings. The molecule has 1 aliphatic rings. The van der Waals surface area contributed by atoms with Gasteiger partial charge in [0.05, 0.1) is 6.04 Å². The third-order valence-corrected chi connectivity index (χ3v) is 2.07. The number of hydrogen-bond donors (Lipinski definition) is 2. The molecule has 1 aliphatic heterocycles. The van der Waals surface area contributed by atoms with Crippen LogP contribution < -0.4 is 10.6 Å². The van der Waals surface area contributed by atoms with Gasteiger partial charge in [-0.05, 0) is 13.0 Å². The summed E-state index contributed by atoms with van der Waals surface area (Å²) in [7, 11) is 0. The van der Waals surface area contributed by atoms with E-state index in [9.17, 15) is 4.79 Å². The number of rotatable bonds is 0. The summed E-state index contributed by atoms with van der Waals surface area (Å²) in [5.74, 6) is 0. The van der Waals surface area contributed by atoms with Gasteiger partial charge in [0.25, 0.3) is 0 Å². The van der Waals surface area contributed by atoms with E-state index < -0.39 is 9.83 Å². The Hall–Kier alpha value is -0.120. The van der Waals surface area contributed by atoms with Crippen LogP contribution in [0.1, 0.15) is 6.92 Å². The van der Waals surface area contributed by atoms with Gasteiger partial charge in [0, 0.05) is 5.70 Å². The maximum absolute atomic E-state index is 10.9. The zero-order chi connectivity index (χ0) is 9.35. The number of hydrogen-bond acceptors (Lipinski definition) is 1. The molecule has 0 aromatic heterocycles. The standard InChI is InChI=1S/C6H7Cl3N2O/c1-3-2-4(6(7,8)9)11-5(12)10-3/h2,4H,1H3,(H2,10,11,12). The SMILES string of the molecule is CC1=CC(C(Cl)(Cl)Cl)NC(=O)N1. The molecule has 0 aromatic carbocycles. The van der Waals surface area contributed by atoms with Gasteiger partial charge in [-0.1, -0.05) is 34.8 Å². The van der Waals surface area contributed by atoms with Gasteiger partial charge in [0.15, 0.2) is 0 Å². The van der Waals surface area contributed by atoms with Crippen molar-refractivity contribution >= 4 is 40.8 Å². The fourth-order valence-corrected chi connectivity index (χ4v) is 1.22. The molecule has 0 radical (unpaired) electrons. The second-order valence-corrected chi connectivity index (χ2v) is 4.84. The molecular weight excluding hydrogens is 222 g/mol. The van der Waals surface area contributed by atoms with Crippen molar-refractivity contribution in [3.05, 3.63) is 11.8 Å². The number of halogens is 3. The smallest absolute Gasteiger partial charge is 0.319 e. The van der Waals surface area contributed by atoms with Gasteiger partial charge in [-0.2, -0.15) is 0 Å². The first-order valence-electron chi connectivity index (χ1n) is 3.22. The summed E-state index contributed by atoms with van der Waals surface area (Å²) in [6, 6.07) is -0.928. The third-order valence-electron chi connectivity index (χ3n) is 1.37. The Labute approximate surface area is 85.0 Å². The zero-order valence-electron chi connectivity index (χ0n) is 6.20. The first-order valence-corrected chi connectivity index (χ1v) is 4.35. The van der Waals surface area contributed by atoms with Crippen LogP contribution in [0, 0.1) is 0 Å². The summed E-state index contributed by atoms with van der Waals surface area (Å²) < 4.78 is -1.50. The number of amides is 2. The number of carbonyl (C=O) groups is 1. The second kappa shape index (κ2) is 3.32. The van der Waals surface area contributed by atoms with Crippen molar-refractivity contribution in [1.82, 2.24) is 10.6 Å². The fourth-order valence-electron chi connectivity index (χ4n) is 0.866. The Morgan fingerprint density at radius 2 is 2.08 bits per heavy atom. The summed E-state index contributed by atoms with van der Waals surface area (Å²) in [4.78, 5) is 10.9. The van der Waals surface area contributed by atoms with E-state index in [-0.39, 0.29) is 6.03 Å². The van der Waals surface area contributed by atoms with Crippen LogP contribution in [0.4, 0.5) is 4.79 Å². The molecule has 0 saturated heterocycles. The molecule has 0 aliphatic carbocycles. The van der Waals surface area contributed by atoms with Crippen LogP contribution in [0.15, 0.2) is 11.8 Å². The summed E-state index contributed by atoms with van der Waals surface area (Å²) in [5, 5.41) is 4.98. The van der Waals surface area contributed by atoms with Crippen molar-refractivity contribution < 1.29 is 4.79 Å². The van der Waals surface area contributed by atoms with Crippen LogP contribution in [0.3, 0.4) is 0 Å². The maximum atomic E-state index is 10.9. The van der Waals surface area contributed by atoms with Crippen LogP contribution in [0.25, 0.3) is 0 Å². The number of carbonyl (C=O) groups excluding carboxylic acids is 1. The molecule has 1 heterocycles. The molecule has 1 unspecified atom stereocenters. The third kappa shape index (κ3) is 2.44. The molecule has 1 atom stereocenters. The number of nitrogens with one attached hydrogen (secondary N) is 2. The van der Waals surface area contributed by atoms with Crippen molar-refractivity contribution in [3.8, 4) is 0 Å². The average molecular weight is 229 g/mol. The van der Waals surface area contributed by atoms with Crippen molar-refractivity contribution in [2.45, 2.75) is 16.8 Å². The second-order valence-electron chi connectivity index (χ2n) is 2.47. The largest absolute Gasteiger partial charge is 0.327 e. The van der Waals surface area contributed by atoms with E-state index in [1.807, 2.05) is 0 Å². The molecule has 12 heavy (non-hydrogen) atoms. The monoisotopic (exact) mass is 228 g/mol. The van der Waals surface area contributed by atoms with Crippen molar-refractivity contribution in [2.75, 3.05) is 0 Å². The fraction of sp³-hybridized carbons (Fsp3) is 0.500. The van der Waals surface area contributed by atoms with Crippen LogP contribution in [0.5, 0.6) is 0 Å². The van der Waals surface area contributed by atoms with E-state index in [1.165, 1.54) is 0 Å². The topological polar surface area (TPSA) is 41.1 Å². The van der Waals surface area contributed by atoms with E-state index in [1.54, 1.807) is 13.0 Å². The Kier molecular flexibility index (Phi) is 2.76. The molecule has 1 rings (SSSR count). The Bertz CT molecular complexity index is 233. The van der Waals surface area contributed by atoms with E-state index in [4.69, 9.17) is 34.8 Å². The van der Waals surface area contributed by atoms with Crippen molar-refractivity contribution in [2.24, 2.45) is 0 Å². The van der Waals surface area contributed by atoms with E-state index >= 15 is 0 Å². The highest BCUT2D eigenvalue weighted by Crippen LogP contribution is 2.32. The van der Waals surface area contributed by atoms with E-state index in [0.29, 0.717) is 5.70 Å².